The summed E-state index contributed by atoms with van der Waals surface area (Å²) in [6, 6.07) is 0. The average Bonchev–Trinajstić information content (AvgIpc) is 3.06. The van der Waals surface area contributed by atoms with Gasteiger partial charge in [0.05, 0.1) is 79.3 Å². The van der Waals surface area contributed by atoms with Crippen LogP contribution in [-0.2, 0) is 42.7 Å². The number of hydrogen-bond donors (Lipinski definition) is 1. The maximum Gasteiger partial charge on any atom is 0.306 e. The molecular weight excluding hydrogens is 632 g/mol. The van der Waals surface area contributed by atoms with E-state index in [1.165, 1.54) is 64.2 Å². The summed E-state index contributed by atoms with van der Waals surface area (Å²) in [4.78, 5) is 26.4. The van der Waals surface area contributed by atoms with E-state index >= 15 is 0 Å². The quantitative estimate of drug-likeness (QED) is 0.0233. The Bertz CT molecular complexity index is 793. The van der Waals surface area contributed by atoms with Gasteiger partial charge in [0, 0.05) is 30.8 Å². The van der Waals surface area contributed by atoms with Crippen LogP contribution >= 0.6 is 0 Å². The SMILES string of the molecule is CC(C)(C)OC(=O)CCCCCCCCCCCCCCCCC(=O)NCCOCCOCCOCCOCCOCCOCCN=[N+]=[N-]. The van der Waals surface area contributed by atoms with Crippen LogP contribution in [-0.4, -0.2) is 110 Å². The molecule has 13 nitrogen and oxygen atoms in total. The molecule has 1 N–H and O–H groups in total. The summed E-state index contributed by atoms with van der Waals surface area (Å²) < 4.78 is 37.8. The van der Waals surface area contributed by atoms with Crippen molar-refractivity contribution in [1.82, 2.24) is 5.32 Å². The van der Waals surface area contributed by atoms with Gasteiger partial charge >= 0.3 is 5.97 Å². The Kier molecular flexibility index (Phi) is 35.8. The number of carbonyl (C=O) groups is 2. The molecule has 0 saturated heterocycles. The Morgan fingerprint density at radius 2 is 0.878 bits per heavy atom. The molecule has 0 aromatic rings. The van der Waals surface area contributed by atoms with Crippen LogP contribution in [0.2, 0.25) is 0 Å². The van der Waals surface area contributed by atoms with E-state index in [0.29, 0.717) is 105 Å². The molecular formula is C36H70N4O9. The zero-order valence-corrected chi connectivity index (χ0v) is 31.2. The third-order valence-electron chi connectivity index (χ3n) is 7.28. The Morgan fingerprint density at radius 3 is 1.27 bits per heavy atom. The predicted molar refractivity (Wildman–Crippen MR) is 192 cm³/mol. The molecule has 0 saturated carbocycles. The van der Waals surface area contributed by atoms with E-state index in [0.717, 1.165) is 25.7 Å². The van der Waals surface area contributed by atoms with E-state index in [2.05, 4.69) is 15.3 Å². The van der Waals surface area contributed by atoms with Crippen molar-refractivity contribution < 1.29 is 42.7 Å². The zero-order chi connectivity index (χ0) is 35.9. The number of ether oxygens (including phenoxy) is 7. The summed E-state index contributed by atoms with van der Waals surface area (Å²) in [5, 5.41) is 6.30. The van der Waals surface area contributed by atoms with E-state index < -0.39 is 0 Å². The number of nitrogens with zero attached hydrogens (tertiary/aromatic N) is 3. The predicted octanol–water partition coefficient (Wildman–Crippen LogP) is 7.10. The number of unbranched alkanes of at least 4 members (excludes halogenated alkanes) is 13. The molecule has 0 unspecified atom stereocenters. The summed E-state index contributed by atoms with van der Waals surface area (Å²) in [6.45, 7) is 12.3. The maximum absolute atomic E-state index is 12.0. The zero-order valence-electron chi connectivity index (χ0n) is 31.2. The summed E-state index contributed by atoms with van der Waals surface area (Å²) in [5.74, 6) is 0.0234. The third-order valence-corrected chi connectivity index (χ3v) is 7.28. The molecule has 0 spiro atoms. The number of hydrogen-bond acceptors (Lipinski definition) is 10. The second-order valence-corrected chi connectivity index (χ2v) is 13.0. The number of carbonyl (C=O) groups excluding carboxylic acids is 2. The molecule has 13 heteroatoms. The second-order valence-electron chi connectivity index (χ2n) is 13.0. The van der Waals surface area contributed by atoms with Gasteiger partial charge in [-0.1, -0.05) is 82.2 Å². The Morgan fingerprint density at radius 1 is 0.531 bits per heavy atom. The van der Waals surface area contributed by atoms with Crippen molar-refractivity contribution in [3.63, 3.8) is 0 Å². The highest BCUT2D eigenvalue weighted by atomic mass is 16.6. The van der Waals surface area contributed by atoms with Gasteiger partial charge in [0.2, 0.25) is 5.91 Å². The van der Waals surface area contributed by atoms with Crippen molar-refractivity contribution in [3.05, 3.63) is 10.4 Å². The summed E-state index contributed by atoms with van der Waals surface area (Å²) in [7, 11) is 0. The molecule has 0 aromatic carbocycles. The van der Waals surface area contributed by atoms with Gasteiger partial charge in [-0.15, -0.1) is 0 Å². The topological polar surface area (TPSA) is 160 Å². The maximum atomic E-state index is 12.0. The van der Waals surface area contributed by atoms with Crippen molar-refractivity contribution in [2.24, 2.45) is 5.11 Å². The lowest BCUT2D eigenvalue weighted by Crippen LogP contribution is -2.27. The molecule has 0 fully saturated rings. The lowest BCUT2D eigenvalue weighted by atomic mass is 10.0. The van der Waals surface area contributed by atoms with Crippen molar-refractivity contribution in [2.45, 2.75) is 129 Å². The van der Waals surface area contributed by atoms with Gasteiger partial charge in [-0.3, -0.25) is 9.59 Å². The van der Waals surface area contributed by atoms with Crippen molar-refractivity contribution >= 4 is 11.9 Å². The lowest BCUT2D eigenvalue weighted by molar-refractivity contribution is -0.154. The summed E-state index contributed by atoms with van der Waals surface area (Å²) in [6.07, 6.45) is 18.0. The first-order valence-corrected chi connectivity index (χ1v) is 18.8. The van der Waals surface area contributed by atoms with Crippen LogP contribution < -0.4 is 5.32 Å². The third kappa shape index (κ3) is 42.1. The molecule has 0 aliphatic carbocycles. The van der Waals surface area contributed by atoms with Crippen LogP contribution in [0.3, 0.4) is 0 Å². The number of azide groups is 1. The standard InChI is InChI=1S/C36H70N4O9/c1-36(2,3)49-35(42)19-17-15-13-11-9-7-5-4-6-8-10-12-14-16-18-34(41)38-20-22-43-24-26-45-28-30-47-32-33-48-31-29-46-27-25-44-23-21-39-40-37/h4-33H2,1-3H3,(H,38,41). The number of esters is 1. The van der Waals surface area contributed by atoms with E-state index in [-0.39, 0.29) is 17.5 Å². The van der Waals surface area contributed by atoms with Crippen LogP contribution in [0.1, 0.15) is 124 Å². The Labute approximate surface area is 296 Å². The van der Waals surface area contributed by atoms with Gasteiger partial charge in [0.1, 0.15) is 5.60 Å². The number of nitrogens with one attached hydrogen (secondary N) is 1. The van der Waals surface area contributed by atoms with Gasteiger partial charge < -0.3 is 38.5 Å². The molecule has 0 rings (SSSR count). The molecule has 288 valence electrons. The van der Waals surface area contributed by atoms with Gasteiger partial charge in [0.25, 0.3) is 0 Å². The van der Waals surface area contributed by atoms with Crippen LogP contribution in [0.25, 0.3) is 10.4 Å². The normalized spacial score (nSPS) is 11.4. The minimum Gasteiger partial charge on any atom is -0.460 e. The smallest absolute Gasteiger partial charge is 0.306 e. The fourth-order valence-electron chi connectivity index (χ4n) is 4.77. The molecule has 0 bridgehead atoms. The van der Waals surface area contributed by atoms with Crippen LogP contribution in [0.4, 0.5) is 0 Å². The first-order chi connectivity index (χ1) is 23.8. The number of rotatable bonds is 38. The van der Waals surface area contributed by atoms with Crippen molar-refractivity contribution in [1.29, 1.82) is 0 Å². The molecule has 1 amide bonds. The van der Waals surface area contributed by atoms with Crippen LogP contribution in [0.5, 0.6) is 0 Å². The highest BCUT2D eigenvalue weighted by Crippen LogP contribution is 2.15. The highest BCUT2D eigenvalue weighted by Gasteiger charge is 2.15. The fraction of sp³-hybridized carbons (Fsp3) is 0.944. The lowest BCUT2D eigenvalue weighted by Gasteiger charge is -2.19. The molecule has 0 radical (unpaired) electrons. The van der Waals surface area contributed by atoms with Crippen LogP contribution in [0, 0.1) is 0 Å². The largest absolute Gasteiger partial charge is 0.460 e. The van der Waals surface area contributed by atoms with Crippen LogP contribution in [0.15, 0.2) is 5.11 Å². The average molecular weight is 703 g/mol. The molecule has 0 atom stereocenters. The molecule has 49 heavy (non-hydrogen) atoms. The second kappa shape index (κ2) is 37.3. The van der Waals surface area contributed by atoms with Crippen molar-refractivity contribution in [3.8, 4) is 0 Å². The first kappa shape index (κ1) is 47.0. The van der Waals surface area contributed by atoms with E-state index in [1.54, 1.807) is 0 Å². The molecule has 0 heterocycles. The van der Waals surface area contributed by atoms with Crippen molar-refractivity contribution in [2.75, 3.05) is 92.4 Å². The van der Waals surface area contributed by atoms with Gasteiger partial charge in [-0.05, 0) is 39.1 Å². The monoisotopic (exact) mass is 703 g/mol. The van der Waals surface area contributed by atoms with Gasteiger partial charge in [0.15, 0.2) is 0 Å². The van der Waals surface area contributed by atoms with E-state index in [4.69, 9.17) is 38.7 Å². The molecule has 0 aliphatic heterocycles. The fourth-order valence-corrected chi connectivity index (χ4v) is 4.77. The van der Waals surface area contributed by atoms with E-state index in [9.17, 15) is 9.59 Å². The first-order valence-electron chi connectivity index (χ1n) is 18.8. The summed E-state index contributed by atoms with van der Waals surface area (Å²) in [5.41, 5.74) is 7.77. The number of amides is 1. The Hall–Kier alpha value is -1.99. The van der Waals surface area contributed by atoms with E-state index in [1.807, 2.05) is 20.8 Å². The minimum absolute atomic E-state index is 0.0752. The highest BCUT2D eigenvalue weighted by molar-refractivity contribution is 5.75. The molecule has 0 aromatic heterocycles. The van der Waals surface area contributed by atoms with Gasteiger partial charge in [-0.25, -0.2) is 0 Å². The summed E-state index contributed by atoms with van der Waals surface area (Å²) >= 11 is 0. The minimum atomic E-state index is -0.379. The molecule has 0 aliphatic rings. The van der Waals surface area contributed by atoms with Gasteiger partial charge in [-0.2, -0.15) is 0 Å². The Balaban J connectivity index is 3.20.